The molecule has 0 aliphatic heterocycles. The lowest BCUT2D eigenvalue weighted by Gasteiger charge is -2.07. The third kappa shape index (κ3) is 5.14. The Bertz CT molecular complexity index is 998. The molecule has 2 aromatic carbocycles. The van der Waals surface area contributed by atoms with Gasteiger partial charge in [-0.15, -0.1) is 22.7 Å². The first kappa shape index (κ1) is 19.4. The van der Waals surface area contributed by atoms with Crippen molar-refractivity contribution >= 4 is 57.6 Å². The molecule has 7 heteroatoms. The average molecular weight is 437 g/mol. The molecule has 0 radical (unpaired) electrons. The van der Waals surface area contributed by atoms with Crippen molar-refractivity contribution in [1.29, 1.82) is 0 Å². The van der Waals surface area contributed by atoms with Crippen molar-refractivity contribution in [3.8, 4) is 0 Å². The molecule has 2 aromatic heterocycles. The van der Waals surface area contributed by atoms with Crippen molar-refractivity contribution in [2.45, 2.75) is 9.79 Å². The van der Waals surface area contributed by atoms with Crippen LogP contribution in [0, 0.1) is 0 Å². The van der Waals surface area contributed by atoms with Crippen LogP contribution < -0.4 is 10.6 Å². The van der Waals surface area contributed by atoms with Gasteiger partial charge in [0.2, 0.25) is 0 Å². The minimum Gasteiger partial charge on any atom is -0.321 e. The molecule has 2 amide bonds. The Balaban J connectivity index is 1.34. The Hall–Kier alpha value is -2.87. The van der Waals surface area contributed by atoms with Gasteiger partial charge in [0.05, 0.1) is 9.75 Å². The molecule has 0 saturated heterocycles. The van der Waals surface area contributed by atoms with Gasteiger partial charge in [0.25, 0.3) is 11.8 Å². The van der Waals surface area contributed by atoms with Gasteiger partial charge in [0, 0.05) is 21.2 Å². The van der Waals surface area contributed by atoms with E-state index >= 15 is 0 Å². The predicted molar refractivity (Wildman–Crippen MR) is 122 cm³/mol. The summed E-state index contributed by atoms with van der Waals surface area (Å²) in [6.45, 7) is 0. The van der Waals surface area contributed by atoms with Gasteiger partial charge in [-0.3, -0.25) is 9.59 Å². The molecule has 4 rings (SSSR count). The van der Waals surface area contributed by atoms with Crippen molar-refractivity contribution in [2.24, 2.45) is 0 Å². The predicted octanol–water partition coefficient (Wildman–Crippen LogP) is 6.47. The smallest absolute Gasteiger partial charge is 0.265 e. The Labute approximate surface area is 180 Å². The highest BCUT2D eigenvalue weighted by Crippen LogP contribution is 2.29. The number of benzene rings is 2. The highest BCUT2D eigenvalue weighted by atomic mass is 32.2. The summed E-state index contributed by atoms with van der Waals surface area (Å²) < 4.78 is 0. The molecule has 4 aromatic rings. The van der Waals surface area contributed by atoms with Crippen LogP contribution >= 0.6 is 34.4 Å². The summed E-state index contributed by atoms with van der Waals surface area (Å²) in [7, 11) is 0. The maximum absolute atomic E-state index is 12.1. The van der Waals surface area contributed by atoms with Crippen LogP contribution in [0.25, 0.3) is 0 Å². The topological polar surface area (TPSA) is 58.2 Å². The molecule has 0 bridgehead atoms. The first-order valence-corrected chi connectivity index (χ1v) is 11.3. The number of thiophene rings is 2. The Morgan fingerprint density at radius 2 is 1.03 bits per heavy atom. The zero-order valence-electron chi connectivity index (χ0n) is 15.1. The second kappa shape index (κ2) is 9.09. The van der Waals surface area contributed by atoms with E-state index in [2.05, 4.69) is 10.6 Å². The van der Waals surface area contributed by atoms with E-state index in [-0.39, 0.29) is 11.8 Å². The van der Waals surface area contributed by atoms with Crippen molar-refractivity contribution in [3.63, 3.8) is 0 Å². The molecule has 0 saturated carbocycles. The second-order valence-electron chi connectivity index (χ2n) is 6.01. The van der Waals surface area contributed by atoms with Gasteiger partial charge in [-0.1, -0.05) is 23.9 Å². The monoisotopic (exact) mass is 436 g/mol. The van der Waals surface area contributed by atoms with Crippen LogP contribution in [0.3, 0.4) is 0 Å². The minimum absolute atomic E-state index is 0.0967. The first-order valence-electron chi connectivity index (χ1n) is 8.75. The van der Waals surface area contributed by atoms with Crippen LogP contribution in [-0.2, 0) is 0 Å². The fraction of sp³-hybridized carbons (Fsp3) is 0. The van der Waals surface area contributed by atoms with Crippen molar-refractivity contribution in [2.75, 3.05) is 10.6 Å². The summed E-state index contributed by atoms with van der Waals surface area (Å²) in [6.07, 6.45) is 0. The van der Waals surface area contributed by atoms with Crippen LogP contribution in [0.1, 0.15) is 19.3 Å². The molecule has 2 heterocycles. The Morgan fingerprint density at radius 1 is 0.621 bits per heavy atom. The third-order valence-electron chi connectivity index (χ3n) is 3.95. The standard InChI is InChI=1S/C22H16N2O2S3/c25-21(19-3-1-13-27-19)23-15-5-9-17(10-6-15)29-18-11-7-16(8-12-18)24-22(26)20-4-2-14-28-20/h1-14H,(H,23,25)(H,24,26). The summed E-state index contributed by atoms with van der Waals surface area (Å²) in [5, 5.41) is 9.56. The van der Waals surface area contributed by atoms with Crippen molar-refractivity contribution in [1.82, 2.24) is 0 Å². The average Bonchev–Trinajstić information content (AvgIpc) is 3.45. The fourth-order valence-corrected chi connectivity index (χ4v) is 4.60. The van der Waals surface area contributed by atoms with E-state index in [1.165, 1.54) is 22.7 Å². The number of anilines is 2. The zero-order chi connectivity index (χ0) is 20.1. The first-order chi connectivity index (χ1) is 14.2. The molecule has 144 valence electrons. The molecule has 29 heavy (non-hydrogen) atoms. The quantitative estimate of drug-likeness (QED) is 0.364. The number of carbonyl (C=O) groups excluding carboxylic acids is 2. The summed E-state index contributed by atoms with van der Waals surface area (Å²) >= 11 is 4.45. The molecule has 0 spiro atoms. The summed E-state index contributed by atoms with van der Waals surface area (Å²) in [5.74, 6) is -0.193. The van der Waals surface area contributed by atoms with Gasteiger partial charge in [-0.2, -0.15) is 0 Å². The molecule has 0 fully saturated rings. The SMILES string of the molecule is O=C(Nc1ccc(Sc2ccc(NC(=O)c3cccs3)cc2)cc1)c1cccs1. The molecule has 2 N–H and O–H groups in total. The Kier molecular flexibility index (Phi) is 6.09. The largest absolute Gasteiger partial charge is 0.321 e. The van der Waals surface area contributed by atoms with Crippen LogP contribution in [0.5, 0.6) is 0 Å². The number of carbonyl (C=O) groups is 2. The summed E-state index contributed by atoms with van der Waals surface area (Å²) in [6, 6.07) is 22.8. The summed E-state index contributed by atoms with van der Waals surface area (Å²) in [4.78, 5) is 27.7. The van der Waals surface area contributed by atoms with Gasteiger partial charge in [-0.05, 0) is 71.4 Å². The molecule has 0 aliphatic carbocycles. The van der Waals surface area contributed by atoms with E-state index < -0.39 is 0 Å². The van der Waals surface area contributed by atoms with E-state index in [1.54, 1.807) is 23.9 Å². The second-order valence-corrected chi connectivity index (χ2v) is 9.06. The van der Waals surface area contributed by atoms with Gasteiger partial charge in [-0.25, -0.2) is 0 Å². The van der Waals surface area contributed by atoms with Crippen LogP contribution in [0.2, 0.25) is 0 Å². The van der Waals surface area contributed by atoms with E-state index in [0.29, 0.717) is 9.75 Å². The normalized spacial score (nSPS) is 10.5. The molecular formula is C22H16N2O2S3. The third-order valence-corrected chi connectivity index (χ3v) is 6.70. The van der Waals surface area contributed by atoms with Gasteiger partial charge < -0.3 is 10.6 Å². The lowest BCUT2D eigenvalue weighted by molar-refractivity contribution is 0.102. The highest BCUT2D eigenvalue weighted by Gasteiger charge is 2.08. The number of nitrogens with one attached hydrogen (secondary N) is 2. The maximum atomic E-state index is 12.1. The number of amides is 2. The minimum atomic E-state index is -0.0967. The number of hydrogen-bond donors (Lipinski definition) is 2. The van der Waals surface area contributed by atoms with Gasteiger partial charge in [0.1, 0.15) is 0 Å². The fourth-order valence-electron chi connectivity index (χ4n) is 2.55. The molecular weight excluding hydrogens is 420 g/mol. The number of hydrogen-bond acceptors (Lipinski definition) is 5. The van der Waals surface area contributed by atoms with E-state index in [4.69, 9.17) is 0 Å². The van der Waals surface area contributed by atoms with E-state index in [9.17, 15) is 9.59 Å². The van der Waals surface area contributed by atoms with Crippen molar-refractivity contribution in [3.05, 3.63) is 93.3 Å². The highest BCUT2D eigenvalue weighted by molar-refractivity contribution is 7.99. The molecule has 0 aliphatic rings. The Morgan fingerprint density at radius 3 is 1.38 bits per heavy atom. The molecule has 0 atom stereocenters. The van der Waals surface area contributed by atoms with Gasteiger partial charge >= 0.3 is 0 Å². The van der Waals surface area contributed by atoms with E-state index in [1.807, 2.05) is 71.4 Å². The zero-order valence-corrected chi connectivity index (χ0v) is 17.6. The maximum Gasteiger partial charge on any atom is 0.265 e. The molecule has 0 unspecified atom stereocenters. The van der Waals surface area contributed by atoms with Gasteiger partial charge in [0.15, 0.2) is 0 Å². The van der Waals surface area contributed by atoms with Crippen LogP contribution in [-0.4, -0.2) is 11.8 Å². The van der Waals surface area contributed by atoms with Crippen LogP contribution in [0.15, 0.2) is 93.3 Å². The summed E-state index contributed by atoms with van der Waals surface area (Å²) in [5.41, 5.74) is 1.53. The lowest BCUT2D eigenvalue weighted by atomic mass is 10.3. The van der Waals surface area contributed by atoms with E-state index in [0.717, 1.165) is 21.2 Å². The lowest BCUT2D eigenvalue weighted by Crippen LogP contribution is -2.09. The van der Waals surface area contributed by atoms with Crippen LogP contribution in [0.4, 0.5) is 11.4 Å². The number of rotatable bonds is 6. The molecule has 4 nitrogen and oxygen atoms in total. The van der Waals surface area contributed by atoms with Crippen molar-refractivity contribution < 1.29 is 9.59 Å².